The molecule has 1 atom stereocenters. The van der Waals surface area contributed by atoms with E-state index in [2.05, 4.69) is 39.3 Å². The van der Waals surface area contributed by atoms with Crippen LogP contribution in [0.1, 0.15) is 20.3 Å². The maximum absolute atomic E-state index is 5.65. The second-order valence-corrected chi connectivity index (χ2v) is 5.33. The number of hydrogen-bond acceptors (Lipinski definition) is 5. The van der Waals surface area contributed by atoms with Crippen LogP contribution in [0.3, 0.4) is 0 Å². The second kappa shape index (κ2) is 3.32. The normalized spacial score (nSPS) is 21.6. The molecule has 0 radical (unpaired) electrons. The third kappa shape index (κ3) is 1.79. The van der Waals surface area contributed by atoms with Gasteiger partial charge in [0.05, 0.1) is 11.6 Å². The molecule has 1 fully saturated rings. The van der Waals surface area contributed by atoms with Crippen molar-refractivity contribution in [2.75, 3.05) is 17.6 Å². The molecule has 2 aromatic rings. The molecule has 0 spiro atoms. The molecule has 1 aliphatic carbocycles. The largest absolute Gasteiger partial charge is 0.369 e. The number of rotatable bonds is 3. The summed E-state index contributed by atoms with van der Waals surface area (Å²) in [6.45, 7) is 5.48. The Labute approximate surface area is 99.0 Å². The van der Waals surface area contributed by atoms with Crippen molar-refractivity contribution in [1.82, 2.24) is 20.2 Å². The number of anilines is 2. The molecule has 6 heteroatoms. The third-order valence-electron chi connectivity index (χ3n) is 3.56. The van der Waals surface area contributed by atoms with E-state index in [1.807, 2.05) is 0 Å². The minimum Gasteiger partial charge on any atom is -0.369 e. The minimum atomic E-state index is 0.263. The van der Waals surface area contributed by atoms with Gasteiger partial charge in [0.2, 0.25) is 5.95 Å². The number of nitrogens with two attached hydrogens (primary N) is 1. The first-order valence-corrected chi connectivity index (χ1v) is 5.77. The summed E-state index contributed by atoms with van der Waals surface area (Å²) in [6, 6.07) is 0. The highest BCUT2D eigenvalue weighted by Gasteiger charge is 2.45. The molecule has 0 saturated heterocycles. The van der Waals surface area contributed by atoms with Gasteiger partial charge in [0.25, 0.3) is 0 Å². The van der Waals surface area contributed by atoms with Crippen LogP contribution in [0.25, 0.3) is 11.0 Å². The van der Waals surface area contributed by atoms with Crippen LogP contribution in [-0.4, -0.2) is 26.7 Å². The number of fused-ring (bicyclic) bond motifs is 1. The molecule has 3 rings (SSSR count). The zero-order valence-electron chi connectivity index (χ0n) is 9.99. The van der Waals surface area contributed by atoms with E-state index in [0.717, 1.165) is 17.7 Å². The van der Waals surface area contributed by atoms with Crippen LogP contribution in [0, 0.1) is 11.3 Å². The van der Waals surface area contributed by atoms with Crippen LogP contribution in [0.2, 0.25) is 0 Å². The molecule has 2 heterocycles. The van der Waals surface area contributed by atoms with Crippen molar-refractivity contribution < 1.29 is 0 Å². The molecule has 0 aromatic carbocycles. The average Bonchev–Trinajstić information content (AvgIpc) is 2.69. The number of aromatic nitrogens is 4. The highest BCUT2D eigenvalue weighted by Crippen LogP contribution is 2.51. The fraction of sp³-hybridized carbons (Fsp3) is 0.545. The average molecular weight is 232 g/mol. The van der Waals surface area contributed by atoms with Crippen LogP contribution >= 0.6 is 0 Å². The Morgan fingerprint density at radius 3 is 3.00 bits per heavy atom. The zero-order valence-corrected chi connectivity index (χ0v) is 9.99. The van der Waals surface area contributed by atoms with Crippen LogP contribution in [0.5, 0.6) is 0 Å². The van der Waals surface area contributed by atoms with Gasteiger partial charge in [-0.2, -0.15) is 15.1 Å². The lowest BCUT2D eigenvalue weighted by Crippen LogP contribution is -2.10. The predicted molar refractivity (Wildman–Crippen MR) is 66.5 cm³/mol. The van der Waals surface area contributed by atoms with E-state index in [9.17, 15) is 0 Å². The molecule has 1 saturated carbocycles. The van der Waals surface area contributed by atoms with Crippen molar-refractivity contribution in [3.63, 3.8) is 0 Å². The number of aromatic amines is 1. The Kier molecular flexibility index (Phi) is 2.01. The first-order chi connectivity index (χ1) is 8.06. The van der Waals surface area contributed by atoms with Gasteiger partial charge in [-0.25, -0.2) is 0 Å². The van der Waals surface area contributed by atoms with Gasteiger partial charge in [-0.3, -0.25) is 5.10 Å². The molecule has 0 aliphatic heterocycles. The van der Waals surface area contributed by atoms with Gasteiger partial charge < -0.3 is 11.1 Å². The zero-order chi connectivity index (χ0) is 12.0. The molecular formula is C11H16N6. The van der Waals surface area contributed by atoms with Gasteiger partial charge in [-0.15, -0.1) is 0 Å². The standard InChI is InChI=1S/C11H16N6/c1-11(2)3-6(11)4-13-8-7-5-14-17-9(7)16-10(12)15-8/h5-6H,3-4H2,1-2H3,(H4,12,13,14,15,16,17). The molecule has 4 N–H and O–H groups in total. The van der Waals surface area contributed by atoms with E-state index in [4.69, 9.17) is 5.73 Å². The first-order valence-electron chi connectivity index (χ1n) is 5.77. The summed E-state index contributed by atoms with van der Waals surface area (Å²) in [7, 11) is 0. The van der Waals surface area contributed by atoms with Crippen LogP contribution in [-0.2, 0) is 0 Å². The summed E-state index contributed by atoms with van der Waals surface area (Å²) in [4.78, 5) is 8.29. The monoisotopic (exact) mass is 232 g/mol. The summed E-state index contributed by atoms with van der Waals surface area (Å²) in [5.41, 5.74) is 6.78. The van der Waals surface area contributed by atoms with Crippen LogP contribution in [0.15, 0.2) is 6.20 Å². The predicted octanol–water partition coefficient (Wildman–Crippen LogP) is 1.39. The lowest BCUT2D eigenvalue weighted by molar-refractivity contribution is 0.573. The minimum absolute atomic E-state index is 0.263. The maximum atomic E-state index is 5.65. The SMILES string of the molecule is CC1(C)CC1CNc1nc(N)nc2[nH]ncc12. The Morgan fingerprint density at radius 1 is 1.53 bits per heavy atom. The molecule has 2 aromatic heterocycles. The summed E-state index contributed by atoms with van der Waals surface area (Å²) in [5.74, 6) is 1.74. The molecule has 17 heavy (non-hydrogen) atoms. The molecule has 0 amide bonds. The number of hydrogen-bond donors (Lipinski definition) is 3. The Morgan fingerprint density at radius 2 is 2.29 bits per heavy atom. The molecule has 90 valence electrons. The van der Waals surface area contributed by atoms with Crippen molar-refractivity contribution in [3.05, 3.63) is 6.20 Å². The van der Waals surface area contributed by atoms with Crippen LogP contribution < -0.4 is 11.1 Å². The van der Waals surface area contributed by atoms with Gasteiger partial charge in [0.1, 0.15) is 5.82 Å². The maximum Gasteiger partial charge on any atom is 0.224 e. The Hall–Kier alpha value is -1.85. The molecule has 1 aliphatic rings. The molecule has 1 unspecified atom stereocenters. The lowest BCUT2D eigenvalue weighted by Gasteiger charge is -2.08. The van der Waals surface area contributed by atoms with Crippen molar-refractivity contribution in [2.24, 2.45) is 11.3 Å². The van der Waals surface area contributed by atoms with Gasteiger partial charge >= 0.3 is 0 Å². The van der Waals surface area contributed by atoms with Gasteiger partial charge in [-0.05, 0) is 17.8 Å². The number of nitrogens with zero attached hydrogens (tertiary/aromatic N) is 3. The van der Waals surface area contributed by atoms with E-state index in [1.165, 1.54) is 6.42 Å². The molecular weight excluding hydrogens is 216 g/mol. The fourth-order valence-corrected chi connectivity index (χ4v) is 2.13. The Balaban J connectivity index is 1.82. The molecule has 0 bridgehead atoms. The summed E-state index contributed by atoms with van der Waals surface area (Å²) >= 11 is 0. The number of H-pyrrole nitrogens is 1. The first kappa shape index (κ1) is 10.3. The van der Waals surface area contributed by atoms with Crippen molar-refractivity contribution in [3.8, 4) is 0 Å². The third-order valence-corrected chi connectivity index (χ3v) is 3.56. The van der Waals surface area contributed by atoms with E-state index >= 15 is 0 Å². The smallest absolute Gasteiger partial charge is 0.224 e. The Bertz CT molecular complexity index is 558. The topological polar surface area (TPSA) is 92.5 Å². The summed E-state index contributed by atoms with van der Waals surface area (Å²) in [6.07, 6.45) is 2.98. The van der Waals surface area contributed by atoms with Crippen LogP contribution in [0.4, 0.5) is 11.8 Å². The number of nitrogens with one attached hydrogen (secondary N) is 2. The summed E-state index contributed by atoms with van der Waals surface area (Å²) in [5, 5.41) is 11.0. The second-order valence-electron chi connectivity index (χ2n) is 5.33. The highest BCUT2D eigenvalue weighted by molar-refractivity contribution is 5.86. The van der Waals surface area contributed by atoms with E-state index < -0.39 is 0 Å². The van der Waals surface area contributed by atoms with E-state index in [1.54, 1.807) is 6.20 Å². The highest BCUT2D eigenvalue weighted by atomic mass is 15.2. The summed E-state index contributed by atoms with van der Waals surface area (Å²) < 4.78 is 0. The van der Waals surface area contributed by atoms with Gasteiger partial charge in [0, 0.05) is 6.54 Å². The number of nitrogen functional groups attached to an aromatic ring is 1. The fourth-order valence-electron chi connectivity index (χ4n) is 2.13. The van der Waals surface area contributed by atoms with E-state index in [-0.39, 0.29) is 5.95 Å². The van der Waals surface area contributed by atoms with Gasteiger partial charge in [0.15, 0.2) is 5.65 Å². The van der Waals surface area contributed by atoms with E-state index in [0.29, 0.717) is 17.0 Å². The quantitative estimate of drug-likeness (QED) is 0.743. The molecule has 6 nitrogen and oxygen atoms in total. The van der Waals surface area contributed by atoms with Crippen molar-refractivity contribution in [2.45, 2.75) is 20.3 Å². The lowest BCUT2D eigenvalue weighted by atomic mass is 10.1. The van der Waals surface area contributed by atoms with Gasteiger partial charge in [-0.1, -0.05) is 13.8 Å². The van der Waals surface area contributed by atoms with Crippen molar-refractivity contribution >= 4 is 22.8 Å². The van der Waals surface area contributed by atoms with Crippen molar-refractivity contribution in [1.29, 1.82) is 0 Å².